The van der Waals surface area contributed by atoms with Gasteiger partial charge in [-0.15, -0.1) is 0 Å². The summed E-state index contributed by atoms with van der Waals surface area (Å²) in [6, 6.07) is 6.95. The molecule has 2 rings (SSSR count). The number of likely N-dealkylation sites (N-methyl/N-ethyl adjacent to an activating group) is 1. The lowest BCUT2D eigenvalue weighted by Gasteiger charge is -2.34. The fourth-order valence-corrected chi connectivity index (χ4v) is 4.70. The van der Waals surface area contributed by atoms with E-state index in [1.165, 1.54) is 0 Å². The minimum atomic E-state index is -1.13. The average molecular weight is 548 g/mol. The fraction of sp³-hybridized carbons (Fsp3) is 0.643. The van der Waals surface area contributed by atoms with Crippen LogP contribution in [0.25, 0.3) is 0 Å². The van der Waals surface area contributed by atoms with E-state index in [0.29, 0.717) is 45.2 Å². The largest absolute Gasteiger partial charge is 0.480 e. The standard InChI is InChI=1S/C28H45N5O6/c1-33(22-14-6-3-7-15-22)25(34)23(31-27(37)32-24(26(35)36)17-8-10-18-29)16-9-11-19-30-28(38)39-20-21-12-4-2-5-13-21/h2,4-5,12-13,22-24H,3,6-11,14-20,29H2,1H3,(H,30,38)(H,35,36)(H2,31,32,37)/t23-,24?/m1/s1. The summed E-state index contributed by atoms with van der Waals surface area (Å²) in [6.07, 6.45) is 7.62. The SMILES string of the molecule is CN(C(=O)[C@@H](CCCCNC(=O)OCc1ccccc1)NC(=O)NC(CCCCN)C(=O)O)C1CCCCC1. The van der Waals surface area contributed by atoms with Gasteiger partial charge >= 0.3 is 18.1 Å². The second-order valence-corrected chi connectivity index (χ2v) is 10.1. The molecule has 1 aliphatic rings. The van der Waals surface area contributed by atoms with Crippen molar-refractivity contribution in [2.45, 2.75) is 95.4 Å². The molecule has 1 unspecified atom stereocenters. The van der Waals surface area contributed by atoms with Crippen molar-refractivity contribution >= 4 is 24.0 Å². The summed E-state index contributed by atoms with van der Waals surface area (Å²) < 4.78 is 5.21. The molecule has 11 heteroatoms. The van der Waals surface area contributed by atoms with Crippen LogP contribution in [0, 0.1) is 0 Å². The molecule has 0 aliphatic heterocycles. The zero-order chi connectivity index (χ0) is 28.5. The summed E-state index contributed by atoms with van der Waals surface area (Å²) >= 11 is 0. The highest BCUT2D eigenvalue weighted by molar-refractivity contribution is 5.88. The molecule has 4 amide bonds. The van der Waals surface area contributed by atoms with E-state index in [4.69, 9.17) is 10.5 Å². The number of hydrogen-bond donors (Lipinski definition) is 5. The number of alkyl carbamates (subject to hydrolysis) is 1. The molecule has 1 aromatic rings. The number of nitrogens with one attached hydrogen (secondary N) is 3. The first-order chi connectivity index (χ1) is 18.8. The van der Waals surface area contributed by atoms with Gasteiger partial charge in [-0.25, -0.2) is 14.4 Å². The van der Waals surface area contributed by atoms with Gasteiger partial charge in [-0.2, -0.15) is 0 Å². The predicted molar refractivity (Wildman–Crippen MR) is 148 cm³/mol. The highest BCUT2D eigenvalue weighted by atomic mass is 16.5. The summed E-state index contributed by atoms with van der Waals surface area (Å²) in [5.74, 6) is -1.32. The molecule has 0 saturated heterocycles. The van der Waals surface area contributed by atoms with Gasteiger partial charge in [0.2, 0.25) is 5.91 Å². The van der Waals surface area contributed by atoms with Gasteiger partial charge in [-0.1, -0.05) is 49.6 Å². The summed E-state index contributed by atoms with van der Waals surface area (Å²) in [5, 5.41) is 17.4. The smallest absolute Gasteiger partial charge is 0.407 e. The minimum absolute atomic E-state index is 0.127. The molecule has 2 atom stereocenters. The predicted octanol–water partition coefficient (Wildman–Crippen LogP) is 3.12. The van der Waals surface area contributed by atoms with E-state index in [2.05, 4.69) is 16.0 Å². The van der Waals surface area contributed by atoms with Crippen LogP contribution in [-0.4, -0.2) is 72.3 Å². The molecule has 6 N–H and O–H groups in total. The van der Waals surface area contributed by atoms with Crippen LogP contribution in [0.1, 0.15) is 76.2 Å². The zero-order valence-corrected chi connectivity index (χ0v) is 23.0. The van der Waals surface area contributed by atoms with Crippen molar-refractivity contribution in [2.24, 2.45) is 5.73 Å². The van der Waals surface area contributed by atoms with Crippen molar-refractivity contribution in [2.75, 3.05) is 20.1 Å². The molecule has 39 heavy (non-hydrogen) atoms. The third kappa shape index (κ3) is 12.4. The number of nitrogens with zero attached hydrogens (tertiary/aromatic N) is 1. The first-order valence-corrected chi connectivity index (χ1v) is 14.0. The maximum atomic E-state index is 13.4. The van der Waals surface area contributed by atoms with Crippen molar-refractivity contribution in [3.05, 3.63) is 35.9 Å². The maximum absolute atomic E-state index is 13.4. The van der Waals surface area contributed by atoms with Crippen LogP contribution in [-0.2, 0) is 20.9 Å². The Hall–Kier alpha value is -3.34. The van der Waals surface area contributed by atoms with Crippen molar-refractivity contribution in [1.29, 1.82) is 0 Å². The van der Waals surface area contributed by atoms with E-state index < -0.39 is 30.2 Å². The Kier molecular flexibility index (Phi) is 14.7. The number of rotatable bonds is 16. The van der Waals surface area contributed by atoms with Gasteiger partial charge in [0.25, 0.3) is 0 Å². The number of benzene rings is 1. The van der Waals surface area contributed by atoms with Gasteiger partial charge in [-0.05, 0) is 63.5 Å². The monoisotopic (exact) mass is 547 g/mol. The second kappa shape index (κ2) is 18.0. The molecule has 0 radical (unpaired) electrons. The van der Waals surface area contributed by atoms with Crippen LogP contribution in [0.4, 0.5) is 9.59 Å². The zero-order valence-electron chi connectivity index (χ0n) is 23.0. The molecular weight excluding hydrogens is 502 g/mol. The summed E-state index contributed by atoms with van der Waals surface area (Å²) in [6.45, 7) is 0.989. The van der Waals surface area contributed by atoms with E-state index in [0.717, 1.165) is 37.7 Å². The second-order valence-electron chi connectivity index (χ2n) is 10.1. The van der Waals surface area contributed by atoms with E-state index in [1.807, 2.05) is 30.3 Å². The molecule has 218 valence electrons. The molecule has 1 aromatic carbocycles. The Bertz CT molecular complexity index is 894. The number of carbonyl (C=O) groups is 4. The lowest BCUT2D eigenvalue weighted by atomic mass is 9.94. The van der Waals surface area contributed by atoms with E-state index in [9.17, 15) is 24.3 Å². The number of ether oxygens (including phenoxy) is 1. The lowest BCUT2D eigenvalue weighted by molar-refractivity contribution is -0.139. The summed E-state index contributed by atoms with van der Waals surface area (Å²) in [5.41, 5.74) is 6.38. The molecule has 0 bridgehead atoms. The number of amides is 4. The first kappa shape index (κ1) is 31.9. The van der Waals surface area contributed by atoms with Crippen LogP contribution in [0.3, 0.4) is 0 Å². The van der Waals surface area contributed by atoms with Crippen LogP contribution in [0.5, 0.6) is 0 Å². The molecule has 0 heterocycles. The van der Waals surface area contributed by atoms with Crippen LogP contribution in [0.2, 0.25) is 0 Å². The number of nitrogens with two attached hydrogens (primary N) is 1. The van der Waals surface area contributed by atoms with Crippen molar-refractivity contribution in [3.8, 4) is 0 Å². The number of unbranched alkanes of at least 4 members (excludes halogenated alkanes) is 2. The molecule has 0 aromatic heterocycles. The maximum Gasteiger partial charge on any atom is 0.407 e. The third-order valence-corrected chi connectivity index (χ3v) is 7.03. The molecule has 1 saturated carbocycles. The molecule has 0 spiro atoms. The van der Waals surface area contributed by atoms with Crippen LogP contribution in [0.15, 0.2) is 30.3 Å². The number of urea groups is 1. The Labute approximate surface area is 231 Å². The van der Waals surface area contributed by atoms with Gasteiger partial charge in [0, 0.05) is 19.6 Å². The highest BCUT2D eigenvalue weighted by Crippen LogP contribution is 2.22. The van der Waals surface area contributed by atoms with Crippen molar-refractivity contribution in [1.82, 2.24) is 20.9 Å². The van der Waals surface area contributed by atoms with Crippen LogP contribution >= 0.6 is 0 Å². The topological polar surface area (TPSA) is 163 Å². The first-order valence-electron chi connectivity index (χ1n) is 14.0. The van der Waals surface area contributed by atoms with E-state index in [-0.39, 0.29) is 25.0 Å². The van der Waals surface area contributed by atoms with Crippen molar-refractivity contribution < 1.29 is 29.0 Å². The average Bonchev–Trinajstić information content (AvgIpc) is 2.95. The number of carbonyl (C=O) groups excluding carboxylic acids is 3. The van der Waals surface area contributed by atoms with Gasteiger partial charge < -0.3 is 36.4 Å². The van der Waals surface area contributed by atoms with Crippen LogP contribution < -0.4 is 21.7 Å². The van der Waals surface area contributed by atoms with Gasteiger partial charge in [0.15, 0.2) is 0 Å². The molecule has 11 nitrogen and oxygen atoms in total. The van der Waals surface area contributed by atoms with Gasteiger partial charge in [-0.3, -0.25) is 4.79 Å². The summed E-state index contributed by atoms with van der Waals surface area (Å²) in [4.78, 5) is 51.4. The Morgan fingerprint density at radius 1 is 0.974 bits per heavy atom. The van der Waals surface area contributed by atoms with Gasteiger partial charge in [0.1, 0.15) is 18.7 Å². The number of aliphatic carboxylic acids is 1. The van der Waals surface area contributed by atoms with Gasteiger partial charge in [0.05, 0.1) is 0 Å². The molecule has 1 aliphatic carbocycles. The number of carboxylic acid groups (broad SMARTS) is 1. The van der Waals surface area contributed by atoms with Crippen molar-refractivity contribution in [3.63, 3.8) is 0 Å². The minimum Gasteiger partial charge on any atom is -0.480 e. The van der Waals surface area contributed by atoms with E-state index in [1.54, 1.807) is 11.9 Å². The number of hydrogen-bond acceptors (Lipinski definition) is 6. The molecule has 1 fully saturated rings. The fourth-order valence-electron chi connectivity index (χ4n) is 4.70. The summed E-state index contributed by atoms with van der Waals surface area (Å²) in [7, 11) is 1.77. The molecular formula is C28H45N5O6. The lowest BCUT2D eigenvalue weighted by Crippen LogP contribution is -2.55. The Morgan fingerprint density at radius 3 is 2.28 bits per heavy atom. The Balaban J connectivity index is 1.87. The number of carboxylic acids is 1. The normalized spacial score (nSPS) is 15.0. The highest BCUT2D eigenvalue weighted by Gasteiger charge is 2.30. The third-order valence-electron chi connectivity index (χ3n) is 7.03. The Morgan fingerprint density at radius 2 is 1.62 bits per heavy atom. The quantitative estimate of drug-likeness (QED) is 0.199. The van der Waals surface area contributed by atoms with E-state index >= 15 is 0 Å².